The molecule has 0 spiro atoms. The normalized spacial score (nSPS) is 29.7. The first-order valence-corrected chi connectivity index (χ1v) is 10.2. The molecule has 138 valence electrons. The van der Waals surface area contributed by atoms with E-state index in [0.29, 0.717) is 15.8 Å². The molecule has 2 aliphatic carbocycles. The number of hydrogen-bond donors (Lipinski definition) is 1. The first kappa shape index (κ1) is 19.6. The Morgan fingerprint density at radius 3 is 2.37 bits per heavy atom. The highest BCUT2D eigenvalue weighted by Gasteiger charge is 2.57. The van der Waals surface area contributed by atoms with Crippen molar-refractivity contribution in [2.24, 2.45) is 28.6 Å². The summed E-state index contributed by atoms with van der Waals surface area (Å²) in [6.45, 7) is 6.59. The van der Waals surface area contributed by atoms with E-state index >= 15 is 0 Å². The molecule has 2 aliphatic rings. The van der Waals surface area contributed by atoms with Crippen LogP contribution in [0.5, 0.6) is 0 Å². The molecule has 1 heterocycles. The molecule has 0 aromatic carbocycles. The molecular weight excluding hydrogens is 376 g/mol. The smallest absolute Gasteiger partial charge is 0.203 e. The highest BCUT2D eigenvalue weighted by Crippen LogP contribution is 2.57. The van der Waals surface area contributed by atoms with Crippen molar-refractivity contribution in [2.45, 2.75) is 39.5 Å². The van der Waals surface area contributed by atoms with E-state index in [9.17, 15) is 15.8 Å². The second-order valence-corrected chi connectivity index (χ2v) is 10.2. The van der Waals surface area contributed by atoms with Gasteiger partial charge in [-0.05, 0) is 47.8 Å². The lowest BCUT2D eigenvalue weighted by Gasteiger charge is -2.48. The van der Waals surface area contributed by atoms with Gasteiger partial charge in [0.15, 0.2) is 0 Å². The highest BCUT2D eigenvalue weighted by molar-refractivity contribution is 7.16. The molecule has 0 radical (unpaired) electrons. The van der Waals surface area contributed by atoms with Gasteiger partial charge in [-0.25, -0.2) is 0 Å². The summed E-state index contributed by atoms with van der Waals surface area (Å²) in [4.78, 5) is 0.950. The van der Waals surface area contributed by atoms with Crippen LogP contribution in [0.25, 0.3) is 0 Å². The molecular formula is C21H21ClN4S. The summed E-state index contributed by atoms with van der Waals surface area (Å²) < 4.78 is 0.638. The number of nitrogens with one attached hydrogen (secondary N) is 1. The summed E-state index contributed by atoms with van der Waals surface area (Å²) in [6, 6.07) is 10.1. The van der Waals surface area contributed by atoms with Gasteiger partial charge in [0, 0.05) is 10.8 Å². The molecule has 1 aromatic heterocycles. The van der Waals surface area contributed by atoms with E-state index in [-0.39, 0.29) is 23.0 Å². The Kier molecular flexibility index (Phi) is 4.94. The van der Waals surface area contributed by atoms with Crippen LogP contribution in [-0.4, -0.2) is 5.71 Å². The fourth-order valence-corrected chi connectivity index (χ4v) is 5.78. The molecule has 3 rings (SSSR count). The summed E-state index contributed by atoms with van der Waals surface area (Å²) >= 11 is 7.58. The van der Waals surface area contributed by atoms with Gasteiger partial charge in [-0.2, -0.15) is 15.8 Å². The van der Waals surface area contributed by atoms with Crippen molar-refractivity contribution in [1.29, 1.82) is 21.2 Å². The Morgan fingerprint density at radius 2 is 1.89 bits per heavy atom. The van der Waals surface area contributed by atoms with Crippen LogP contribution < -0.4 is 0 Å². The number of fused-ring (bicyclic) bond motifs is 1. The molecule has 1 aromatic rings. The second-order valence-electron chi connectivity index (χ2n) is 8.46. The van der Waals surface area contributed by atoms with E-state index in [1.807, 2.05) is 18.2 Å². The SMILES string of the molecule is CC(C)(C)[C@@H]1CC=C2[C@@H](C1)[C@H](c1ccc(Cl)s1)[C@@H](C#N)C(=N)C2(C#N)C#N. The van der Waals surface area contributed by atoms with E-state index in [4.69, 9.17) is 17.0 Å². The maximum absolute atomic E-state index is 9.88. The van der Waals surface area contributed by atoms with Gasteiger partial charge >= 0.3 is 0 Å². The number of hydrogen-bond acceptors (Lipinski definition) is 5. The van der Waals surface area contributed by atoms with E-state index in [1.165, 1.54) is 11.3 Å². The predicted molar refractivity (Wildman–Crippen MR) is 106 cm³/mol. The Balaban J connectivity index is 2.21. The fourth-order valence-electron chi connectivity index (χ4n) is 4.52. The molecule has 0 amide bonds. The quantitative estimate of drug-likeness (QED) is 0.617. The van der Waals surface area contributed by atoms with E-state index < -0.39 is 11.3 Å². The van der Waals surface area contributed by atoms with Gasteiger partial charge in [0.25, 0.3) is 0 Å². The lowest BCUT2D eigenvalue weighted by atomic mass is 9.52. The third-order valence-electron chi connectivity index (χ3n) is 6.12. The minimum absolute atomic E-state index is 0.0781. The van der Waals surface area contributed by atoms with Crippen LogP contribution >= 0.6 is 22.9 Å². The predicted octanol–water partition coefficient (Wildman–Crippen LogP) is 5.69. The Hall–Kier alpha value is -2.13. The van der Waals surface area contributed by atoms with Crippen LogP contribution in [0, 0.1) is 68.0 Å². The van der Waals surface area contributed by atoms with Gasteiger partial charge in [-0.15, -0.1) is 11.3 Å². The summed E-state index contributed by atoms with van der Waals surface area (Å²) in [5.41, 5.74) is -0.944. The zero-order valence-corrected chi connectivity index (χ0v) is 17.2. The van der Waals surface area contributed by atoms with Gasteiger partial charge in [0.2, 0.25) is 5.41 Å². The van der Waals surface area contributed by atoms with Crippen molar-refractivity contribution in [3.05, 3.63) is 33.0 Å². The monoisotopic (exact) mass is 396 g/mol. The molecule has 4 nitrogen and oxygen atoms in total. The van der Waals surface area contributed by atoms with Gasteiger partial charge in [-0.1, -0.05) is 38.4 Å². The molecule has 4 atom stereocenters. The third-order valence-corrected chi connectivity index (χ3v) is 7.46. The maximum atomic E-state index is 9.88. The lowest BCUT2D eigenvalue weighted by molar-refractivity contribution is 0.172. The van der Waals surface area contributed by atoms with Gasteiger partial charge in [0.1, 0.15) is 0 Å². The molecule has 1 saturated carbocycles. The molecule has 1 fully saturated rings. The maximum Gasteiger partial charge on any atom is 0.203 e. The third kappa shape index (κ3) is 2.98. The van der Waals surface area contributed by atoms with E-state index in [2.05, 4.69) is 39.0 Å². The average Bonchev–Trinajstić information content (AvgIpc) is 3.06. The summed E-state index contributed by atoms with van der Waals surface area (Å²) in [7, 11) is 0. The Bertz CT molecular complexity index is 917. The first-order valence-electron chi connectivity index (χ1n) is 8.96. The molecule has 0 bridgehead atoms. The van der Waals surface area contributed by atoms with Gasteiger partial charge in [0.05, 0.1) is 34.2 Å². The minimum Gasteiger partial charge on any atom is -0.305 e. The van der Waals surface area contributed by atoms with Crippen LogP contribution in [0.15, 0.2) is 23.8 Å². The number of nitriles is 3. The van der Waals surface area contributed by atoms with Crippen LogP contribution in [0.4, 0.5) is 0 Å². The zero-order chi connectivity index (χ0) is 20.0. The number of halogens is 1. The number of thiophene rings is 1. The van der Waals surface area contributed by atoms with Crippen molar-refractivity contribution in [2.75, 3.05) is 0 Å². The van der Waals surface area contributed by atoms with Crippen LogP contribution in [-0.2, 0) is 0 Å². The molecule has 0 saturated heterocycles. The summed E-state index contributed by atoms with van der Waals surface area (Å²) in [5.74, 6) is -0.784. The lowest BCUT2D eigenvalue weighted by Crippen LogP contribution is -2.49. The number of rotatable bonds is 1. The van der Waals surface area contributed by atoms with E-state index in [1.54, 1.807) is 0 Å². The molecule has 27 heavy (non-hydrogen) atoms. The Labute approximate surface area is 169 Å². The Morgan fingerprint density at radius 1 is 1.22 bits per heavy atom. The number of allylic oxidation sites excluding steroid dienone is 2. The highest BCUT2D eigenvalue weighted by atomic mass is 35.5. The van der Waals surface area contributed by atoms with Crippen molar-refractivity contribution in [3.8, 4) is 18.2 Å². The fraction of sp³-hybridized carbons (Fsp3) is 0.524. The zero-order valence-electron chi connectivity index (χ0n) is 15.6. The first-order chi connectivity index (χ1) is 12.7. The molecule has 0 unspecified atom stereocenters. The van der Waals surface area contributed by atoms with Crippen LogP contribution in [0.1, 0.15) is 44.4 Å². The molecule has 0 aliphatic heterocycles. The summed E-state index contributed by atoms with van der Waals surface area (Å²) in [6.07, 6.45) is 3.58. The minimum atomic E-state index is -1.63. The standard InChI is InChI=1S/C21H21ClN4S/c1-20(2,3)12-4-5-15-13(8-12)18(16-6-7-17(22)27-16)14(9-23)19(26)21(15,10-24)11-25/h5-7,12-14,18,26H,4,8H2,1-3H3/t12-,13-,14-,18+/m1/s1. The van der Waals surface area contributed by atoms with Crippen molar-refractivity contribution >= 4 is 28.6 Å². The number of nitrogens with zero attached hydrogens (tertiary/aromatic N) is 3. The molecule has 1 N–H and O–H groups in total. The van der Waals surface area contributed by atoms with E-state index in [0.717, 1.165) is 17.7 Å². The average molecular weight is 397 g/mol. The largest absolute Gasteiger partial charge is 0.305 e. The van der Waals surface area contributed by atoms with Crippen molar-refractivity contribution in [3.63, 3.8) is 0 Å². The van der Waals surface area contributed by atoms with Crippen LogP contribution in [0.2, 0.25) is 4.34 Å². The molecule has 6 heteroatoms. The van der Waals surface area contributed by atoms with Gasteiger partial charge in [-0.3, -0.25) is 0 Å². The van der Waals surface area contributed by atoms with Crippen LogP contribution in [0.3, 0.4) is 0 Å². The van der Waals surface area contributed by atoms with Crippen molar-refractivity contribution < 1.29 is 0 Å². The van der Waals surface area contributed by atoms with Crippen molar-refractivity contribution in [1.82, 2.24) is 0 Å². The topological polar surface area (TPSA) is 95.2 Å². The van der Waals surface area contributed by atoms with Gasteiger partial charge < -0.3 is 5.41 Å². The summed E-state index contributed by atoms with van der Waals surface area (Å²) in [5, 5.41) is 38.2. The second kappa shape index (κ2) is 6.79.